The van der Waals surface area contributed by atoms with Gasteiger partial charge in [0, 0.05) is 36.7 Å². The minimum Gasteiger partial charge on any atom is -0.481 e. The minimum atomic E-state index is -0.336. The molecule has 3 heterocycles. The molecule has 9 nitrogen and oxygen atoms in total. The number of methoxy groups -OCH3 is 1. The second-order valence-corrected chi connectivity index (χ2v) is 10.2. The van der Waals surface area contributed by atoms with E-state index in [0.717, 1.165) is 44.1 Å². The summed E-state index contributed by atoms with van der Waals surface area (Å²) in [4.78, 5) is 13.2. The fourth-order valence-electron chi connectivity index (χ4n) is 7.09. The van der Waals surface area contributed by atoms with E-state index in [9.17, 15) is 5.26 Å². The average molecular weight is 463 g/mol. The summed E-state index contributed by atoms with van der Waals surface area (Å²) >= 11 is 0. The molecule has 9 heteroatoms. The molecule has 2 aromatic heterocycles. The molecule has 0 amide bonds. The number of pyridine rings is 1. The maximum atomic E-state index is 9.64. The first kappa shape index (κ1) is 21.6. The Morgan fingerprint density at radius 3 is 2.68 bits per heavy atom. The lowest BCUT2D eigenvalue weighted by molar-refractivity contribution is -0.301. The first-order valence-corrected chi connectivity index (χ1v) is 12.1. The number of nitriles is 1. The summed E-state index contributed by atoms with van der Waals surface area (Å²) in [6, 6.07) is 6.04. The Kier molecular flexibility index (Phi) is 5.30. The standard InChI is InChI=1S/C25H30N6O3/c1-32-22-17(3-2-4-27-22)13-28-23-29-14-18(12-26)21(31-23)30-15-24-9-16-7-19(10-24)25(20(8-16)11-24)33-5-6-34-25/h2-4,14,16,19-20H,5-11,13,15H2,1H3,(H2,28,29,30,31)/t16?,19-,20+,24?. The van der Waals surface area contributed by atoms with Crippen molar-refractivity contribution in [2.75, 3.05) is 37.5 Å². The zero-order chi connectivity index (χ0) is 23.2. The fourth-order valence-corrected chi connectivity index (χ4v) is 7.09. The molecule has 34 heavy (non-hydrogen) atoms. The van der Waals surface area contributed by atoms with Crippen molar-refractivity contribution in [3.63, 3.8) is 0 Å². The number of nitrogens with one attached hydrogen (secondary N) is 2. The highest BCUT2D eigenvalue weighted by Gasteiger charge is 2.64. The van der Waals surface area contributed by atoms with E-state index in [4.69, 9.17) is 14.2 Å². The highest BCUT2D eigenvalue weighted by Crippen LogP contribution is 2.65. The Bertz CT molecular complexity index is 1090. The van der Waals surface area contributed by atoms with E-state index in [-0.39, 0.29) is 11.2 Å². The Morgan fingerprint density at radius 2 is 1.94 bits per heavy atom. The molecular formula is C25H30N6O3. The Hall–Kier alpha value is -2.96. The molecule has 1 saturated heterocycles. The van der Waals surface area contributed by atoms with E-state index in [1.807, 2.05) is 12.1 Å². The minimum absolute atomic E-state index is 0.200. The van der Waals surface area contributed by atoms with E-state index in [2.05, 4.69) is 31.7 Å². The van der Waals surface area contributed by atoms with Crippen molar-refractivity contribution in [2.45, 2.75) is 44.4 Å². The van der Waals surface area contributed by atoms with Gasteiger partial charge in [0.25, 0.3) is 0 Å². The summed E-state index contributed by atoms with van der Waals surface area (Å²) in [5, 5.41) is 16.4. The molecule has 4 saturated carbocycles. The lowest BCUT2D eigenvalue weighted by Crippen LogP contribution is -2.62. The normalized spacial score (nSPS) is 30.3. The van der Waals surface area contributed by atoms with Gasteiger partial charge in [-0.1, -0.05) is 6.07 Å². The molecule has 0 radical (unpaired) electrons. The first-order chi connectivity index (χ1) is 16.6. The number of aromatic nitrogens is 3. The number of ether oxygens (including phenoxy) is 3. The molecular weight excluding hydrogens is 432 g/mol. The smallest absolute Gasteiger partial charge is 0.224 e. The average Bonchev–Trinajstić information content (AvgIpc) is 3.36. The van der Waals surface area contributed by atoms with Gasteiger partial charge >= 0.3 is 0 Å². The van der Waals surface area contributed by atoms with Crippen LogP contribution < -0.4 is 15.4 Å². The number of hydrogen-bond donors (Lipinski definition) is 2. The van der Waals surface area contributed by atoms with Gasteiger partial charge in [-0.3, -0.25) is 0 Å². The monoisotopic (exact) mass is 462 g/mol. The van der Waals surface area contributed by atoms with Gasteiger partial charge in [0.15, 0.2) is 5.79 Å². The lowest BCUT2D eigenvalue weighted by Gasteiger charge is -2.63. The Balaban J connectivity index is 1.16. The summed E-state index contributed by atoms with van der Waals surface area (Å²) in [7, 11) is 1.60. The van der Waals surface area contributed by atoms with Crippen molar-refractivity contribution in [1.82, 2.24) is 15.0 Å². The third-order valence-corrected chi connectivity index (χ3v) is 8.21. The lowest BCUT2D eigenvalue weighted by atomic mass is 9.47. The third kappa shape index (κ3) is 3.56. The predicted octanol–water partition coefficient (Wildman–Crippen LogP) is 3.35. The number of nitrogens with zero attached hydrogens (tertiary/aromatic N) is 4. The molecule has 4 aliphatic carbocycles. The van der Waals surface area contributed by atoms with Gasteiger partial charge in [0.05, 0.1) is 26.5 Å². The van der Waals surface area contributed by atoms with Crippen molar-refractivity contribution in [2.24, 2.45) is 23.2 Å². The molecule has 1 aliphatic heterocycles. The van der Waals surface area contributed by atoms with Crippen LogP contribution in [0.15, 0.2) is 24.5 Å². The highest BCUT2D eigenvalue weighted by atomic mass is 16.7. The van der Waals surface area contributed by atoms with Crippen molar-refractivity contribution >= 4 is 11.8 Å². The zero-order valence-corrected chi connectivity index (χ0v) is 19.4. The molecule has 1 spiro atoms. The number of rotatable bonds is 7. The van der Waals surface area contributed by atoms with E-state index in [0.29, 0.717) is 41.6 Å². The predicted molar refractivity (Wildman–Crippen MR) is 124 cm³/mol. The molecule has 4 bridgehead atoms. The van der Waals surface area contributed by atoms with E-state index in [1.165, 1.54) is 19.3 Å². The highest BCUT2D eigenvalue weighted by molar-refractivity contribution is 5.53. The molecule has 4 atom stereocenters. The van der Waals surface area contributed by atoms with Gasteiger partial charge in [0.2, 0.25) is 11.8 Å². The van der Waals surface area contributed by atoms with Gasteiger partial charge in [-0.15, -0.1) is 0 Å². The van der Waals surface area contributed by atoms with Crippen LogP contribution in [0.4, 0.5) is 11.8 Å². The Labute approximate surface area is 199 Å². The van der Waals surface area contributed by atoms with Crippen LogP contribution in [0.5, 0.6) is 5.88 Å². The van der Waals surface area contributed by atoms with Crippen molar-refractivity contribution in [3.8, 4) is 11.9 Å². The maximum Gasteiger partial charge on any atom is 0.224 e. The summed E-state index contributed by atoms with van der Waals surface area (Å²) in [5.74, 6) is 2.95. The Morgan fingerprint density at radius 1 is 1.15 bits per heavy atom. The van der Waals surface area contributed by atoms with Crippen molar-refractivity contribution < 1.29 is 14.2 Å². The SMILES string of the molecule is COc1ncccc1CNc1ncc(C#N)c(NCC23CC4C[C@H](C2)C2(OCCO2)[C@@H](C4)C3)n1. The van der Waals surface area contributed by atoms with E-state index < -0.39 is 0 Å². The van der Waals surface area contributed by atoms with Crippen LogP contribution >= 0.6 is 0 Å². The summed E-state index contributed by atoms with van der Waals surface area (Å²) in [5.41, 5.74) is 1.56. The van der Waals surface area contributed by atoms with Crippen LogP contribution in [0.1, 0.15) is 43.2 Å². The van der Waals surface area contributed by atoms with Crippen LogP contribution in [0.2, 0.25) is 0 Å². The summed E-state index contributed by atoms with van der Waals surface area (Å²) in [6.45, 7) is 2.71. The van der Waals surface area contributed by atoms with Gasteiger partial charge in [-0.05, 0) is 49.5 Å². The van der Waals surface area contributed by atoms with Gasteiger partial charge in [-0.2, -0.15) is 10.2 Å². The summed E-state index contributed by atoms with van der Waals surface area (Å²) in [6.07, 6.45) is 9.12. The second-order valence-electron chi connectivity index (χ2n) is 10.2. The molecule has 5 aliphatic rings. The van der Waals surface area contributed by atoms with E-state index in [1.54, 1.807) is 19.5 Å². The van der Waals surface area contributed by atoms with Crippen LogP contribution in [0.25, 0.3) is 0 Å². The van der Waals surface area contributed by atoms with Crippen LogP contribution in [-0.2, 0) is 16.0 Å². The first-order valence-electron chi connectivity index (χ1n) is 12.1. The molecule has 5 fully saturated rings. The molecule has 178 valence electrons. The van der Waals surface area contributed by atoms with Crippen molar-refractivity contribution in [1.29, 1.82) is 5.26 Å². The molecule has 0 aromatic carbocycles. The molecule has 2 unspecified atom stereocenters. The topological polar surface area (TPSA) is 114 Å². The molecule has 2 aromatic rings. The molecule has 2 N–H and O–H groups in total. The van der Waals surface area contributed by atoms with Gasteiger partial charge in [-0.25, -0.2) is 9.97 Å². The third-order valence-electron chi connectivity index (χ3n) is 8.21. The van der Waals surface area contributed by atoms with Gasteiger partial charge in [0.1, 0.15) is 17.5 Å². The summed E-state index contributed by atoms with van der Waals surface area (Å²) < 4.78 is 17.8. The molecule has 7 rings (SSSR count). The largest absolute Gasteiger partial charge is 0.481 e. The van der Waals surface area contributed by atoms with Crippen molar-refractivity contribution in [3.05, 3.63) is 35.7 Å². The number of anilines is 2. The maximum absolute atomic E-state index is 9.64. The van der Waals surface area contributed by atoms with Crippen LogP contribution in [-0.4, -0.2) is 47.6 Å². The van der Waals surface area contributed by atoms with Gasteiger partial charge < -0.3 is 24.8 Å². The zero-order valence-electron chi connectivity index (χ0n) is 19.4. The van der Waals surface area contributed by atoms with Crippen LogP contribution in [0, 0.1) is 34.5 Å². The number of hydrogen-bond acceptors (Lipinski definition) is 9. The van der Waals surface area contributed by atoms with E-state index >= 15 is 0 Å². The van der Waals surface area contributed by atoms with Crippen LogP contribution in [0.3, 0.4) is 0 Å². The quantitative estimate of drug-likeness (QED) is 0.639. The second kappa shape index (κ2) is 8.36. The fraction of sp³-hybridized carbons (Fsp3) is 0.600.